The van der Waals surface area contributed by atoms with Crippen LogP contribution in [0.4, 0.5) is 11.4 Å². The molecule has 0 fully saturated rings. The average Bonchev–Trinajstić information content (AvgIpc) is 2.55. The first kappa shape index (κ1) is 28.7. The number of hydrogen-bond acceptors (Lipinski definition) is 10. The summed E-state index contributed by atoms with van der Waals surface area (Å²) in [5.41, 5.74) is 13.8. The molecular weight excluding hydrogens is 411 g/mol. The van der Waals surface area contributed by atoms with Crippen LogP contribution in [0.3, 0.4) is 0 Å². The maximum absolute atomic E-state index is 8.64. The van der Waals surface area contributed by atoms with Crippen LogP contribution in [0.25, 0.3) is 0 Å². The third kappa shape index (κ3) is 19.0. The molecule has 0 aliphatic heterocycles. The molecular formula is C14H18CoN4O8. The number of aliphatic hydroxyl groups is 2. The van der Waals surface area contributed by atoms with Crippen molar-refractivity contribution in [2.75, 3.05) is 11.5 Å². The molecule has 0 saturated heterocycles. The Kier molecular flexibility index (Phi) is 18.8. The smallest absolute Gasteiger partial charge is 0.398 e. The summed E-state index contributed by atoms with van der Waals surface area (Å²) < 4.78 is 0. The normalized spacial score (nSPS) is 8.07. The Bertz CT molecular complexity index is 610. The van der Waals surface area contributed by atoms with Gasteiger partial charge in [0.2, 0.25) is 0 Å². The van der Waals surface area contributed by atoms with Crippen LogP contribution in [-0.2, 0) is 30.0 Å². The number of nitrogens with zero attached hydrogens (tertiary/aromatic N) is 2. The van der Waals surface area contributed by atoms with Crippen molar-refractivity contribution in [1.29, 1.82) is 0 Å². The number of benzene rings is 2. The van der Waals surface area contributed by atoms with Crippen molar-refractivity contribution in [2.45, 2.75) is 13.2 Å². The SMILES string of the molecule is Nc1ccccc1CO.Nc1ccccc1CO.O=[N+]([O-])[O-].O=[N+]([O-])[O-].[Co+2]. The summed E-state index contributed by atoms with van der Waals surface area (Å²) in [6.45, 7) is 0.0410. The van der Waals surface area contributed by atoms with Crippen LogP contribution in [-0.4, -0.2) is 20.4 Å². The predicted molar refractivity (Wildman–Crippen MR) is 94.3 cm³/mol. The molecule has 0 atom stereocenters. The fourth-order valence-corrected chi connectivity index (χ4v) is 1.36. The molecule has 2 rings (SSSR count). The Balaban J connectivity index is -0.000000303. The van der Waals surface area contributed by atoms with Gasteiger partial charge in [0.05, 0.1) is 23.4 Å². The van der Waals surface area contributed by atoms with Gasteiger partial charge in [-0.25, -0.2) is 0 Å². The molecule has 0 saturated carbocycles. The fourth-order valence-electron chi connectivity index (χ4n) is 1.36. The van der Waals surface area contributed by atoms with Crippen molar-refractivity contribution in [3.63, 3.8) is 0 Å². The van der Waals surface area contributed by atoms with Gasteiger partial charge in [0.25, 0.3) is 0 Å². The van der Waals surface area contributed by atoms with E-state index in [9.17, 15) is 0 Å². The summed E-state index contributed by atoms with van der Waals surface area (Å²) in [7, 11) is 0. The van der Waals surface area contributed by atoms with E-state index < -0.39 is 10.2 Å². The summed E-state index contributed by atoms with van der Waals surface area (Å²) in [4.78, 5) is 16.5. The van der Waals surface area contributed by atoms with Crippen molar-refractivity contribution in [1.82, 2.24) is 0 Å². The number of nitrogens with two attached hydrogens (primary N) is 2. The quantitative estimate of drug-likeness (QED) is 0.301. The molecule has 2 aromatic carbocycles. The molecule has 27 heavy (non-hydrogen) atoms. The van der Waals surface area contributed by atoms with Crippen LogP contribution in [0.1, 0.15) is 11.1 Å². The van der Waals surface area contributed by atoms with Crippen LogP contribution in [0.2, 0.25) is 0 Å². The van der Waals surface area contributed by atoms with Gasteiger partial charge in [-0.05, 0) is 12.1 Å². The minimum absolute atomic E-state index is 0. The molecule has 2 aromatic rings. The molecule has 0 heterocycles. The van der Waals surface area contributed by atoms with E-state index >= 15 is 0 Å². The minimum atomic E-state index is -1.75. The number of anilines is 2. The molecule has 0 bridgehead atoms. The van der Waals surface area contributed by atoms with Crippen LogP contribution in [0, 0.1) is 30.6 Å². The van der Waals surface area contributed by atoms with Crippen molar-refractivity contribution in [3.05, 3.63) is 90.3 Å². The second kappa shape index (κ2) is 17.7. The molecule has 0 aliphatic rings. The van der Waals surface area contributed by atoms with E-state index in [2.05, 4.69) is 0 Å². The van der Waals surface area contributed by atoms with Crippen molar-refractivity contribution in [3.8, 4) is 0 Å². The molecule has 0 amide bonds. The van der Waals surface area contributed by atoms with E-state index in [0.29, 0.717) is 11.4 Å². The van der Waals surface area contributed by atoms with Gasteiger partial charge >= 0.3 is 16.8 Å². The summed E-state index contributed by atoms with van der Waals surface area (Å²) in [5, 5.41) is 46.8. The summed E-state index contributed by atoms with van der Waals surface area (Å²) in [5.74, 6) is 0. The van der Waals surface area contributed by atoms with E-state index in [4.69, 9.17) is 52.3 Å². The number of aliphatic hydroxyl groups excluding tert-OH is 2. The van der Waals surface area contributed by atoms with Gasteiger partial charge in [0.1, 0.15) is 0 Å². The second-order valence-corrected chi connectivity index (χ2v) is 4.16. The van der Waals surface area contributed by atoms with E-state index in [1.54, 1.807) is 24.3 Å². The minimum Gasteiger partial charge on any atom is -0.398 e. The van der Waals surface area contributed by atoms with Crippen molar-refractivity contribution >= 4 is 11.4 Å². The van der Waals surface area contributed by atoms with Gasteiger partial charge in [0.15, 0.2) is 0 Å². The summed E-state index contributed by atoms with van der Waals surface area (Å²) >= 11 is 0. The Morgan fingerprint density at radius 1 is 0.704 bits per heavy atom. The van der Waals surface area contributed by atoms with Crippen molar-refractivity contribution < 1.29 is 37.2 Å². The Hall–Kier alpha value is -3.13. The average molecular weight is 429 g/mol. The topological polar surface area (TPSA) is 225 Å². The number of rotatable bonds is 2. The monoisotopic (exact) mass is 429 g/mol. The third-order valence-electron chi connectivity index (χ3n) is 2.45. The molecule has 12 nitrogen and oxygen atoms in total. The van der Waals surface area contributed by atoms with Crippen LogP contribution < -0.4 is 11.5 Å². The van der Waals surface area contributed by atoms with Gasteiger partial charge in [-0.2, -0.15) is 0 Å². The van der Waals surface area contributed by atoms with Crippen LogP contribution >= 0.6 is 0 Å². The summed E-state index contributed by atoms with van der Waals surface area (Å²) in [6.07, 6.45) is 0. The third-order valence-corrected chi connectivity index (χ3v) is 2.45. The Labute approximate surface area is 164 Å². The predicted octanol–water partition coefficient (Wildman–Crippen LogP) is 1.04. The fraction of sp³-hybridized carbons (Fsp3) is 0.143. The van der Waals surface area contributed by atoms with Gasteiger partial charge in [-0.1, -0.05) is 36.4 Å². The first-order valence-electron chi connectivity index (χ1n) is 6.67. The number of nitrogen functional groups attached to an aromatic ring is 2. The first-order valence-corrected chi connectivity index (χ1v) is 6.67. The van der Waals surface area contributed by atoms with Crippen molar-refractivity contribution in [2.24, 2.45) is 0 Å². The molecule has 0 aliphatic carbocycles. The molecule has 13 heteroatoms. The molecule has 151 valence electrons. The van der Waals surface area contributed by atoms with E-state index in [-0.39, 0.29) is 30.0 Å². The van der Waals surface area contributed by atoms with E-state index in [1.807, 2.05) is 24.3 Å². The maximum atomic E-state index is 8.64. The van der Waals surface area contributed by atoms with Crippen LogP contribution in [0.5, 0.6) is 0 Å². The Morgan fingerprint density at radius 3 is 1.07 bits per heavy atom. The zero-order valence-electron chi connectivity index (χ0n) is 13.8. The standard InChI is InChI=1S/2C7H9NO.Co.2NO3/c2*8-7-4-2-1-3-6(7)5-9;;2*2-1(3)4/h2*1-4,9H,5,8H2;;;/q;;+2;2*-1. The van der Waals surface area contributed by atoms with E-state index in [1.165, 1.54) is 0 Å². The molecule has 0 aromatic heterocycles. The van der Waals surface area contributed by atoms with Gasteiger partial charge in [0, 0.05) is 22.5 Å². The van der Waals surface area contributed by atoms with Crippen LogP contribution in [0.15, 0.2) is 48.5 Å². The zero-order chi connectivity index (χ0) is 20.5. The van der Waals surface area contributed by atoms with Gasteiger partial charge < -0.3 is 52.3 Å². The molecule has 0 unspecified atom stereocenters. The number of hydrogen-bond donors (Lipinski definition) is 4. The van der Waals surface area contributed by atoms with Gasteiger partial charge in [-0.3, -0.25) is 0 Å². The Morgan fingerprint density at radius 2 is 0.926 bits per heavy atom. The zero-order valence-corrected chi connectivity index (χ0v) is 14.8. The van der Waals surface area contributed by atoms with Gasteiger partial charge in [-0.15, -0.1) is 0 Å². The maximum Gasteiger partial charge on any atom is 2.00 e. The second-order valence-electron chi connectivity index (χ2n) is 4.16. The largest absolute Gasteiger partial charge is 2.00 e. The molecule has 0 spiro atoms. The summed E-state index contributed by atoms with van der Waals surface area (Å²) in [6, 6.07) is 14.5. The molecule has 1 radical (unpaired) electrons. The molecule has 6 N–H and O–H groups in total. The van der Waals surface area contributed by atoms with E-state index in [0.717, 1.165) is 11.1 Å². The first-order chi connectivity index (χ1) is 12.1. The number of para-hydroxylation sites is 2.